The number of carboxylic acids is 1. The molecule has 0 radical (unpaired) electrons. The number of carbonyl (C=O) groups is 2. The largest absolute Gasteiger partial charge is 0.573 e. The number of ether oxygens (including phenoxy) is 1. The predicted molar refractivity (Wildman–Crippen MR) is 76.4 cm³/mol. The van der Waals surface area contributed by atoms with Gasteiger partial charge in [0.2, 0.25) is 0 Å². The average molecular weight is 350 g/mol. The van der Waals surface area contributed by atoms with Crippen LogP contribution in [0.5, 0.6) is 5.75 Å². The number of carbonyl (C=O) groups excluding carboxylic acids is 1. The number of aliphatic hydroxyl groups excluding tert-OH is 1. The van der Waals surface area contributed by atoms with E-state index in [2.05, 4.69) is 15.4 Å². The zero-order valence-electron chi connectivity index (χ0n) is 12.5. The molecule has 0 fully saturated rings. The monoisotopic (exact) mass is 350 g/mol. The molecule has 0 saturated heterocycles. The lowest BCUT2D eigenvalue weighted by Crippen LogP contribution is -2.40. The number of para-hydroxylation sites is 1. The van der Waals surface area contributed by atoms with Crippen molar-refractivity contribution >= 4 is 12.0 Å². The Morgan fingerprint density at radius 3 is 2.50 bits per heavy atom. The van der Waals surface area contributed by atoms with Gasteiger partial charge in [0, 0.05) is 18.5 Å². The van der Waals surface area contributed by atoms with E-state index in [1.165, 1.54) is 18.2 Å². The second kappa shape index (κ2) is 8.96. The Morgan fingerprint density at radius 2 is 1.92 bits per heavy atom. The normalized spacial score (nSPS) is 12.3. The average Bonchev–Trinajstić information content (AvgIpc) is 2.48. The number of aliphatic hydroxyl groups is 1. The summed E-state index contributed by atoms with van der Waals surface area (Å²) in [5.74, 6) is -1.54. The molecule has 24 heavy (non-hydrogen) atoms. The van der Waals surface area contributed by atoms with Crippen LogP contribution in [0.2, 0.25) is 0 Å². The summed E-state index contributed by atoms with van der Waals surface area (Å²) in [4.78, 5) is 22.0. The number of amides is 2. The number of nitrogens with one attached hydrogen (secondary N) is 2. The molecule has 10 heteroatoms. The summed E-state index contributed by atoms with van der Waals surface area (Å²) in [5.41, 5.74) is -0.0435. The van der Waals surface area contributed by atoms with Crippen LogP contribution in [0, 0.1) is 0 Å². The zero-order chi connectivity index (χ0) is 18.2. The fourth-order valence-electron chi connectivity index (χ4n) is 1.86. The highest BCUT2D eigenvalue weighted by Gasteiger charge is 2.33. The van der Waals surface area contributed by atoms with E-state index in [0.717, 1.165) is 6.07 Å². The summed E-state index contributed by atoms with van der Waals surface area (Å²) in [6.45, 7) is -0.586. The van der Waals surface area contributed by atoms with Crippen molar-refractivity contribution in [2.24, 2.45) is 0 Å². The predicted octanol–water partition coefficient (Wildman–Crippen LogP) is 1.78. The second-order valence-corrected chi connectivity index (χ2v) is 4.72. The molecule has 4 N–H and O–H groups in total. The summed E-state index contributed by atoms with van der Waals surface area (Å²) in [6, 6.07) is 3.24. The molecule has 0 spiro atoms. The fraction of sp³-hybridized carbons (Fsp3) is 0.429. The van der Waals surface area contributed by atoms with Crippen LogP contribution in [-0.4, -0.2) is 41.7 Å². The SMILES string of the molecule is O=C(O)CCCNC(=O)NC(CO)c1ccccc1OC(F)(F)F. The quantitative estimate of drug-likeness (QED) is 0.535. The lowest BCUT2D eigenvalue weighted by atomic mass is 10.1. The van der Waals surface area contributed by atoms with Gasteiger partial charge in [-0.05, 0) is 12.5 Å². The maximum atomic E-state index is 12.4. The van der Waals surface area contributed by atoms with Gasteiger partial charge < -0.3 is 25.6 Å². The molecular formula is C14H17F3N2O5. The molecule has 0 bridgehead atoms. The van der Waals surface area contributed by atoms with Gasteiger partial charge >= 0.3 is 18.4 Å². The van der Waals surface area contributed by atoms with Crippen LogP contribution in [0.15, 0.2) is 24.3 Å². The summed E-state index contributed by atoms with van der Waals surface area (Å²) in [6.07, 6.45) is -4.85. The number of alkyl halides is 3. The molecule has 7 nitrogen and oxygen atoms in total. The van der Waals surface area contributed by atoms with Gasteiger partial charge in [0.1, 0.15) is 5.75 Å². The van der Waals surface area contributed by atoms with E-state index in [1.54, 1.807) is 0 Å². The minimum Gasteiger partial charge on any atom is -0.481 e. The van der Waals surface area contributed by atoms with Crippen LogP contribution in [-0.2, 0) is 4.79 Å². The number of carboxylic acid groups (broad SMARTS) is 1. The molecule has 1 rings (SSSR count). The van der Waals surface area contributed by atoms with E-state index in [0.29, 0.717) is 0 Å². The molecule has 1 atom stereocenters. The Balaban J connectivity index is 2.69. The van der Waals surface area contributed by atoms with Crippen molar-refractivity contribution in [3.8, 4) is 5.75 Å². The number of aliphatic carboxylic acids is 1. The van der Waals surface area contributed by atoms with E-state index >= 15 is 0 Å². The molecule has 2 amide bonds. The molecule has 0 saturated carbocycles. The number of hydrogen-bond acceptors (Lipinski definition) is 4. The molecule has 1 unspecified atom stereocenters. The van der Waals surface area contributed by atoms with Crippen molar-refractivity contribution in [2.45, 2.75) is 25.2 Å². The molecule has 0 aromatic heterocycles. The van der Waals surface area contributed by atoms with E-state index in [9.17, 15) is 27.9 Å². The molecule has 0 heterocycles. The van der Waals surface area contributed by atoms with Gasteiger partial charge in [0.25, 0.3) is 0 Å². The van der Waals surface area contributed by atoms with Crippen molar-refractivity contribution in [3.05, 3.63) is 29.8 Å². The summed E-state index contributed by atoms with van der Waals surface area (Å²) >= 11 is 0. The molecular weight excluding hydrogens is 333 g/mol. The minimum absolute atomic E-state index is 0.0435. The van der Waals surface area contributed by atoms with Crippen LogP contribution in [0.4, 0.5) is 18.0 Å². The molecule has 1 aromatic carbocycles. The first-order valence-electron chi connectivity index (χ1n) is 6.94. The Kier molecular flexibility index (Phi) is 7.31. The van der Waals surface area contributed by atoms with Gasteiger partial charge in [-0.1, -0.05) is 18.2 Å². The Morgan fingerprint density at radius 1 is 1.25 bits per heavy atom. The Bertz CT molecular complexity index is 566. The second-order valence-electron chi connectivity index (χ2n) is 4.72. The van der Waals surface area contributed by atoms with Crippen LogP contribution >= 0.6 is 0 Å². The summed E-state index contributed by atoms with van der Waals surface area (Å²) in [5, 5.41) is 22.5. The lowest BCUT2D eigenvalue weighted by Gasteiger charge is -2.20. The number of hydrogen-bond donors (Lipinski definition) is 4. The molecule has 1 aromatic rings. The maximum Gasteiger partial charge on any atom is 0.573 e. The third kappa shape index (κ3) is 7.18. The van der Waals surface area contributed by atoms with E-state index in [-0.39, 0.29) is 24.9 Å². The van der Waals surface area contributed by atoms with E-state index < -0.39 is 36.8 Å². The Hall–Kier alpha value is -2.49. The highest BCUT2D eigenvalue weighted by atomic mass is 19.4. The van der Waals surface area contributed by atoms with E-state index in [1.807, 2.05) is 0 Å². The van der Waals surface area contributed by atoms with Crippen molar-refractivity contribution in [1.29, 1.82) is 0 Å². The smallest absolute Gasteiger partial charge is 0.481 e. The van der Waals surface area contributed by atoms with Crippen molar-refractivity contribution < 1.29 is 37.7 Å². The van der Waals surface area contributed by atoms with Crippen LogP contribution < -0.4 is 15.4 Å². The van der Waals surface area contributed by atoms with Gasteiger partial charge in [0.15, 0.2) is 0 Å². The number of benzene rings is 1. The highest BCUT2D eigenvalue weighted by molar-refractivity contribution is 5.74. The zero-order valence-corrected chi connectivity index (χ0v) is 12.5. The first-order valence-corrected chi connectivity index (χ1v) is 6.94. The topological polar surface area (TPSA) is 108 Å². The minimum atomic E-state index is -4.91. The highest BCUT2D eigenvalue weighted by Crippen LogP contribution is 2.30. The van der Waals surface area contributed by atoms with Gasteiger partial charge in [-0.3, -0.25) is 4.79 Å². The van der Waals surface area contributed by atoms with Crippen molar-refractivity contribution in [1.82, 2.24) is 10.6 Å². The lowest BCUT2D eigenvalue weighted by molar-refractivity contribution is -0.275. The van der Waals surface area contributed by atoms with Crippen molar-refractivity contribution in [2.75, 3.05) is 13.2 Å². The van der Waals surface area contributed by atoms with Gasteiger partial charge in [0.05, 0.1) is 12.6 Å². The summed E-state index contributed by atoms with van der Waals surface area (Å²) in [7, 11) is 0. The first-order chi connectivity index (χ1) is 11.2. The van der Waals surface area contributed by atoms with Crippen LogP contribution in [0.3, 0.4) is 0 Å². The molecule has 0 aliphatic rings. The van der Waals surface area contributed by atoms with Crippen molar-refractivity contribution in [3.63, 3.8) is 0 Å². The molecule has 134 valence electrons. The molecule has 0 aliphatic heterocycles. The molecule has 0 aliphatic carbocycles. The van der Waals surface area contributed by atoms with Crippen LogP contribution in [0.1, 0.15) is 24.4 Å². The van der Waals surface area contributed by atoms with Gasteiger partial charge in [-0.2, -0.15) is 0 Å². The Labute approximate surface area is 135 Å². The summed E-state index contributed by atoms with van der Waals surface area (Å²) < 4.78 is 41.0. The third-order valence-electron chi connectivity index (χ3n) is 2.86. The standard InChI is InChI=1S/C14H17F3N2O5/c15-14(16,17)24-11-5-2-1-4-9(11)10(8-20)19-13(23)18-7-3-6-12(21)22/h1-2,4-5,10,20H,3,6-8H2,(H,21,22)(H2,18,19,23). The maximum absolute atomic E-state index is 12.4. The number of rotatable bonds is 8. The fourth-order valence-corrected chi connectivity index (χ4v) is 1.86. The first kappa shape index (κ1) is 19.6. The van der Waals surface area contributed by atoms with Gasteiger partial charge in [-0.15, -0.1) is 13.2 Å². The van der Waals surface area contributed by atoms with E-state index in [4.69, 9.17) is 5.11 Å². The number of urea groups is 1. The third-order valence-corrected chi connectivity index (χ3v) is 2.86. The number of halogens is 3. The van der Waals surface area contributed by atoms with Crippen LogP contribution in [0.25, 0.3) is 0 Å². The van der Waals surface area contributed by atoms with Gasteiger partial charge in [-0.25, -0.2) is 4.79 Å².